The van der Waals surface area contributed by atoms with E-state index >= 15 is 0 Å². The van der Waals surface area contributed by atoms with Crippen molar-refractivity contribution >= 4 is 49.5 Å². The van der Waals surface area contributed by atoms with Crippen LogP contribution < -0.4 is 18.0 Å². The fraction of sp³-hybridized carbons (Fsp3) is 0.474. The van der Waals surface area contributed by atoms with Gasteiger partial charge in [0.25, 0.3) is 11.2 Å². The number of nitrogens with one attached hydrogen (secondary N) is 1. The first-order valence-electron chi connectivity index (χ1n) is 9.50. The largest absolute Gasteiger partial charge is 1.00 e. The van der Waals surface area contributed by atoms with Crippen LogP contribution in [0.2, 0.25) is 0 Å². The number of non-ortho nitro benzene ring substituents is 1. The maximum atomic E-state index is 13.0. The summed E-state index contributed by atoms with van der Waals surface area (Å²) in [7, 11) is 0. The Morgan fingerprint density at radius 2 is 2.03 bits per heavy atom. The second kappa shape index (κ2) is 8.91. The van der Waals surface area contributed by atoms with E-state index in [-0.39, 0.29) is 23.7 Å². The maximum Gasteiger partial charge on any atom is 0.272 e. The smallest absolute Gasteiger partial charge is 0.272 e. The van der Waals surface area contributed by atoms with E-state index < -0.39 is 4.92 Å². The van der Waals surface area contributed by atoms with Crippen molar-refractivity contribution in [2.75, 3.05) is 19.6 Å². The highest BCUT2D eigenvalue weighted by molar-refractivity contribution is 7.71. The van der Waals surface area contributed by atoms with Gasteiger partial charge in [-0.05, 0) is 63.1 Å². The third-order valence-electron chi connectivity index (χ3n) is 5.53. The Hall–Kier alpha value is -1.81. The van der Waals surface area contributed by atoms with Gasteiger partial charge in [0.15, 0.2) is 4.77 Å². The normalized spacial score (nSPS) is 15.6. The third kappa shape index (κ3) is 4.37. The topological polar surface area (TPSA) is 84.2 Å². The first-order chi connectivity index (χ1) is 13.4. The number of hydrogen-bond acceptors (Lipinski definition) is 6. The number of aromatic nitrogens is 2. The molecule has 1 aromatic carbocycles. The van der Waals surface area contributed by atoms with Crippen molar-refractivity contribution in [2.45, 2.75) is 32.7 Å². The summed E-state index contributed by atoms with van der Waals surface area (Å²) >= 11 is 6.78. The second-order valence-electron chi connectivity index (χ2n) is 7.51. The minimum Gasteiger partial charge on any atom is -1.00 e. The number of rotatable bonds is 5. The first-order valence-corrected chi connectivity index (χ1v) is 10.7. The average molecular weight is 454 g/mol. The van der Waals surface area contributed by atoms with Gasteiger partial charge in [0.2, 0.25) is 0 Å². The zero-order chi connectivity index (χ0) is 19.8. The van der Waals surface area contributed by atoms with Crippen molar-refractivity contribution in [3.05, 3.63) is 43.4 Å². The molecule has 1 aliphatic rings. The molecule has 0 aliphatic carbocycles. The van der Waals surface area contributed by atoms with Crippen LogP contribution in [0.3, 0.4) is 0 Å². The summed E-state index contributed by atoms with van der Waals surface area (Å²) in [4.78, 5) is 29.2. The molecular weight excluding hydrogens is 432 g/mol. The van der Waals surface area contributed by atoms with Gasteiger partial charge >= 0.3 is 0 Å². The van der Waals surface area contributed by atoms with Crippen molar-refractivity contribution in [3.8, 4) is 0 Å². The van der Waals surface area contributed by atoms with Gasteiger partial charge in [-0.1, -0.05) is 6.92 Å². The predicted octanol–water partition coefficient (Wildman–Crippen LogP) is 1.31. The molecule has 0 bridgehead atoms. The molecule has 29 heavy (non-hydrogen) atoms. The summed E-state index contributed by atoms with van der Waals surface area (Å²) in [5, 5.41) is 11.7. The van der Waals surface area contributed by atoms with Crippen molar-refractivity contribution in [1.82, 2.24) is 14.5 Å². The lowest BCUT2D eigenvalue weighted by Gasteiger charge is -2.30. The lowest BCUT2D eigenvalue weighted by molar-refractivity contribution is -0.384. The summed E-state index contributed by atoms with van der Waals surface area (Å²) < 4.78 is 3.39. The molecule has 3 heterocycles. The van der Waals surface area contributed by atoms with E-state index in [1.165, 1.54) is 36.3 Å². The van der Waals surface area contributed by atoms with Crippen molar-refractivity contribution < 1.29 is 17.3 Å². The van der Waals surface area contributed by atoms with Gasteiger partial charge < -0.3 is 22.3 Å². The van der Waals surface area contributed by atoms with E-state index in [2.05, 4.69) is 16.8 Å². The minimum absolute atomic E-state index is 0. The molecular formula is C19H22ClN4O3S2-. The molecule has 1 N–H and O–H groups in total. The number of fused-ring (bicyclic) bond motifs is 3. The zero-order valence-corrected chi connectivity index (χ0v) is 18.4. The number of nitro benzene ring substituents is 1. The Bertz CT molecular complexity index is 1160. The molecule has 0 spiro atoms. The second-order valence-corrected chi connectivity index (χ2v) is 8.95. The molecule has 0 amide bonds. The van der Waals surface area contributed by atoms with E-state index in [9.17, 15) is 14.9 Å². The van der Waals surface area contributed by atoms with E-state index in [4.69, 9.17) is 12.2 Å². The molecule has 0 unspecified atom stereocenters. The molecule has 4 rings (SSSR count). The Morgan fingerprint density at radius 3 is 2.72 bits per heavy atom. The quantitative estimate of drug-likeness (QED) is 0.357. The average Bonchev–Trinajstić information content (AvgIpc) is 3.04. The molecule has 0 atom stereocenters. The fourth-order valence-electron chi connectivity index (χ4n) is 3.80. The third-order valence-corrected chi connectivity index (χ3v) is 7.01. The van der Waals surface area contributed by atoms with Gasteiger partial charge in [-0.15, -0.1) is 11.3 Å². The lowest BCUT2D eigenvalue weighted by atomic mass is 9.99. The Balaban J connectivity index is 0.00000240. The standard InChI is InChI=1S/C19H22N4O3S2.ClH/c1-12-5-9-21(10-6-12)7-2-8-22-18(24)17-16(20-19(22)27)14-11-13(23(25)26)3-4-15(14)28-17;/h3-4,11-12H,2,5-10H2,1H3,(H,20,27);1H/p-1. The number of benzene rings is 1. The van der Waals surface area contributed by atoms with Crippen molar-refractivity contribution in [2.24, 2.45) is 5.92 Å². The van der Waals surface area contributed by atoms with E-state index in [1.807, 2.05) is 0 Å². The predicted molar refractivity (Wildman–Crippen MR) is 115 cm³/mol. The molecule has 1 aliphatic heterocycles. The fourth-order valence-corrected chi connectivity index (χ4v) is 5.17. The number of piperidine rings is 1. The van der Waals surface area contributed by atoms with Crippen molar-refractivity contribution in [3.63, 3.8) is 0 Å². The zero-order valence-electron chi connectivity index (χ0n) is 16.0. The minimum atomic E-state index is -0.430. The first kappa shape index (κ1) is 21.9. The molecule has 1 saturated heterocycles. The Kier molecular flexibility index (Phi) is 6.72. The molecule has 0 saturated carbocycles. The monoisotopic (exact) mass is 453 g/mol. The Morgan fingerprint density at radius 1 is 1.31 bits per heavy atom. The number of hydrogen-bond donors (Lipinski definition) is 1. The van der Waals surface area contributed by atoms with Crippen LogP contribution in [0.15, 0.2) is 23.0 Å². The number of halogens is 1. The molecule has 156 valence electrons. The van der Waals surface area contributed by atoms with Crippen LogP contribution in [0.5, 0.6) is 0 Å². The number of nitrogens with zero attached hydrogens (tertiary/aromatic N) is 3. The van der Waals surface area contributed by atoms with Gasteiger partial charge in [0, 0.05) is 28.8 Å². The van der Waals surface area contributed by atoms with Crippen molar-refractivity contribution in [1.29, 1.82) is 0 Å². The molecule has 0 radical (unpaired) electrons. The van der Waals surface area contributed by atoms with Crippen LogP contribution in [0, 0.1) is 20.8 Å². The summed E-state index contributed by atoms with van der Waals surface area (Å²) in [6.07, 6.45) is 3.34. The van der Waals surface area contributed by atoms with Crippen LogP contribution in [-0.4, -0.2) is 39.0 Å². The van der Waals surface area contributed by atoms with Crippen LogP contribution >= 0.6 is 23.6 Å². The Labute approximate surface area is 182 Å². The highest BCUT2D eigenvalue weighted by Crippen LogP contribution is 2.33. The van der Waals surface area contributed by atoms with Crippen LogP contribution in [0.25, 0.3) is 20.3 Å². The van der Waals surface area contributed by atoms with Gasteiger partial charge in [0.05, 0.1) is 10.4 Å². The van der Waals surface area contributed by atoms with Crippen LogP contribution in [0.4, 0.5) is 5.69 Å². The highest BCUT2D eigenvalue weighted by atomic mass is 35.5. The molecule has 3 aromatic rings. The summed E-state index contributed by atoms with van der Waals surface area (Å²) in [6, 6.07) is 4.65. The van der Waals surface area contributed by atoms with Gasteiger partial charge in [-0.25, -0.2) is 0 Å². The number of likely N-dealkylation sites (tertiary alicyclic amines) is 1. The molecule has 7 nitrogen and oxygen atoms in total. The van der Waals surface area contributed by atoms with Gasteiger partial charge in [-0.3, -0.25) is 19.5 Å². The molecule has 2 aromatic heterocycles. The van der Waals surface area contributed by atoms with E-state index in [0.717, 1.165) is 36.7 Å². The number of H-pyrrole nitrogens is 1. The highest BCUT2D eigenvalue weighted by Gasteiger charge is 2.17. The van der Waals surface area contributed by atoms with Gasteiger partial charge in [0.1, 0.15) is 4.70 Å². The summed E-state index contributed by atoms with van der Waals surface area (Å²) in [5.41, 5.74) is 0.487. The van der Waals surface area contributed by atoms with E-state index in [0.29, 0.717) is 26.9 Å². The SMILES string of the molecule is CC1CCN(CCCn2c(=S)[nH]c3c(sc4ccc([N+](=O)[O-])cc43)c2=O)CC1.[Cl-]. The van der Waals surface area contributed by atoms with E-state index in [1.54, 1.807) is 10.6 Å². The summed E-state index contributed by atoms with van der Waals surface area (Å²) in [5.74, 6) is 0.805. The van der Waals surface area contributed by atoms with Gasteiger partial charge in [-0.2, -0.15) is 0 Å². The number of aromatic amines is 1. The molecule has 1 fully saturated rings. The van der Waals surface area contributed by atoms with Crippen LogP contribution in [0.1, 0.15) is 26.2 Å². The summed E-state index contributed by atoms with van der Waals surface area (Å²) in [6.45, 7) is 6.08. The maximum absolute atomic E-state index is 13.0. The number of thiophene rings is 1. The lowest BCUT2D eigenvalue weighted by Crippen LogP contribution is -3.00. The number of nitro groups is 1. The van der Waals surface area contributed by atoms with Crippen LogP contribution in [-0.2, 0) is 6.54 Å². The molecule has 10 heteroatoms.